The molecule has 7 heteroatoms. The summed E-state index contributed by atoms with van der Waals surface area (Å²) in [7, 11) is -3.69. The summed E-state index contributed by atoms with van der Waals surface area (Å²) in [5.41, 5.74) is 4.71. The van der Waals surface area contributed by atoms with Crippen molar-refractivity contribution in [2.45, 2.75) is 11.8 Å². The molecule has 88 valence electrons. The molecule has 0 fully saturated rings. The molecule has 0 unspecified atom stereocenters. The van der Waals surface area contributed by atoms with Crippen LogP contribution in [-0.2, 0) is 9.84 Å². The molecule has 1 aromatic rings. The molecule has 0 bridgehead atoms. The molecule has 2 N–H and O–H groups in total. The van der Waals surface area contributed by atoms with Gasteiger partial charge in [0.2, 0.25) is 0 Å². The molecule has 0 heterocycles. The van der Waals surface area contributed by atoms with E-state index in [9.17, 15) is 17.6 Å². The zero-order chi connectivity index (χ0) is 12.3. The van der Waals surface area contributed by atoms with Crippen molar-refractivity contribution in [3.05, 3.63) is 24.0 Å². The minimum Gasteiger partial charge on any atom is -0.407 e. The van der Waals surface area contributed by atoms with Gasteiger partial charge in [0.25, 0.3) is 0 Å². The van der Waals surface area contributed by atoms with E-state index in [0.29, 0.717) is 0 Å². The maximum atomic E-state index is 13.6. The van der Waals surface area contributed by atoms with Crippen LogP contribution in [0.2, 0.25) is 0 Å². The molecule has 1 rings (SSSR count). The summed E-state index contributed by atoms with van der Waals surface area (Å²) in [5.74, 6) is -1.85. The smallest absolute Gasteiger partial charge is 0.407 e. The molecule has 0 radical (unpaired) electrons. The van der Waals surface area contributed by atoms with Gasteiger partial charge in [0.15, 0.2) is 21.4 Å². The fourth-order valence-corrected chi connectivity index (χ4v) is 2.04. The van der Waals surface area contributed by atoms with Crippen molar-refractivity contribution in [1.82, 2.24) is 0 Å². The molecule has 16 heavy (non-hydrogen) atoms. The molecule has 0 aliphatic carbocycles. The van der Waals surface area contributed by atoms with Gasteiger partial charge < -0.3 is 10.5 Å². The summed E-state index contributed by atoms with van der Waals surface area (Å²) < 4.78 is 40.8. The first-order valence-corrected chi connectivity index (χ1v) is 6.02. The molecule has 0 atom stereocenters. The van der Waals surface area contributed by atoms with Gasteiger partial charge in [0, 0.05) is 0 Å². The highest BCUT2D eigenvalue weighted by molar-refractivity contribution is 7.91. The normalized spacial score (nSPS) is 11.1. The third kappa shape index (κ3) is 2.48. The quantitative estimate of drug-likeness (QED) is 0.865. The van der Waals surface area contributed by atoms with Crippen molar-refractivity contribution in [1.29, 1.82) is 0 Å². The number of benzene rings is 1. The van der Waals surface area contributed by atoms with E-state index >= 15 is 0 Å². The second kappa shape index (κ2) is 4.48. The largest absolute Gasteiger partial charge is 0.410 e. The molecule has 0 aliphatic rings. The monoisotopic (exact) mass is 247 g/mol. The number of halogens is 1. The lowest BCUT2D eigenvalue weighted by atomic mass is 10.3. The molecule has 0 saturated heterocycles. The number of hydrogen-bond acceptors (Lipinski definition) is 4. The third-order valence-corrected chi connectivity index (χ3v) is 3.60. The summed E-state index contributed by atoms with van der Waals surface area (Å²) in [6.45, 7) is 1.39. The zero-order valence-corrected chi connectivity index (χ0v) is 9.25. The van der Waals surface area contributed by atoms with Crippen LogP contribution in [0.3, 0.4) is 0 Å². The fraction of sp³-hybridized carbons (Fsp3) is 0.222. The van der Waals surface area contributed by atoms with Gasteiger partial charge in [-0.15, -0.1) is 0 Å². The topological polar surface area (TPSA) is 86.5 Å². The molecular formula is C9H10FNO4S. The Morgan fingerprint density at radius 1 is 1.50 bits per heavy atom. The highest BCUT2D eigenvalue weighted by atomic mass is 32.2. The fourth-order valence-electron chi connectivity index (χ4n) is 1.07. The first-order valence-electron chi connectivity index (χ1n) is 4.37. The van der Waals surface area contributed by atoms with Crippen LogP contribution in [0.5, 0.6) is 5.75 Å². The molecule has 5 nitrogen and oxygen atoms in total. The van der Waals surface area contributed by atoms with Crippen molar-refractivity contribution in [2.24, 2.45) is 5.73 Å². The van der Waals surface area contributed by atoms with Gasteiger partial charge in [0.05, 0.1) is 5.75 Å². The van der Waals surface area contributed by atoms with Crippen LogP contribution in [0.4, 0.5) is 9.18 Å². The molecule has 0 spiro atoms. The van der Waals surface area contributed by atoms with Crippen molar-refractivity contribution < 1.29 is 22.3 Å². The highest BCUT2D eigenvalue weighted by Gasteiger charge is 2.20. The maximum Gasteiger partial charge on any atom is 0.410 e. The third-order valence-electron chi connectivity index (χ3n) is 1.85. The standard InChI is InChI=1S/C9H10FNO4S/c1-2-16(13,14)7-5-3-4-6(8(7)10)15-9(11)12/h3-5H,2H2,1H3,(H2,11,12). The Balaban J connectivity index is 3.29. The van der Waals surface area contributed by atoms with Crippen molar-refractivity contribution in [2.75, 3.05) is 5.75 Å². The Morgan fingerprint density at radius 3 is 2.62 bits per heavy atom. The van der Waals surface area contributed by atoms with Crippen LogP contribution in [-0.4, -0.2) is 20.3 Å². The number of hydrogen-bond donors (Lipinski definition) is 1. The second-order valence-corrected chi connectivity index (χ2v) is 5.14. The Labute approximate surface area is 91.9 Å². The highest BCUT2D eigenvalue weighted by Crippen LogP contribution is 2.24. The van der Waals surface area contributed by atoms with Crippen molar-refractivity contribution >= 4 is 15.9 Å². The number of carbonyl (C=O) groups is 1. The lowest BCUT2D eigenvalue weighted by Gasteiger charge is -2.06. The Morgan fingerprint density at radius 2 is 2.12 bits per heavy atom. The van der Waals surface area contributed by atoms with E-state index in [1.165, 1.54) is 13.0 Å². The van der Waals surface area contributed by atoms with Crippen molar-refractivity contribution in [3.63, 3.8) is 0 Å². The van der Waals surface area contributed by atoms with E-state index in [0.717, 1.165) is 12.1 Å². The lowest BCUT2D eigenvalue weighted by Crippen LogP contribution is -2.17. The van der Waals surface area contributed by atoms with Gasteiger partial charge in [-0.1, -0.05) is 13.0 Å². The summed E-state index contributed by atoms with van der Waals surface area (Å²) in [6.07, 6.45) is -1.20. The average molecular weight is 247 g/mol. The van der Waals surface area contributed by atoms with Gasteiger partial charge in [-0.05, 0) is 12.1 Å². The molecule has 1 aromatic carbocycles. The predicted octanol–water partition coefficient (Wildman–Crippen LogP) is 1.08. The molecular weight excluding hydrogens is 237 g/mol. The Hall–Kier alpha value is -1.63. The van der Waals surface area contributed by atoms with Gasteiger partial charge in [-0.2, -0.15) is 0 Å². The van der Waals surface area contributed by atoms with E-state index in [4.69, 9.17) is 5.73 Å². The number of ether oxygens (including phenoxy) is 1. The van der Waals surface area contributed by atoms with E-state index in [1.54, 1.807) is 0 Å². The SMILES string of the molecule is CCS(=O)(=O)c1cccc(OC(N)=O)c1F. The van der Waals surface area contributed by atoms with Crippen molar-refractivity contribution in [3.8, 4) is 5.75 Å². The first-order chi connectivity index (χ1) is 7.38. The second-order valence-electron chi connectivity index (χ2n) is 2.89. The van der Waals surface area contributed by atoms with Gasteiger partial charge in [-0.3, -0.25) is 0 Å². The van der Waals surface area contributed by atoms with E-state index in [-0.39, 0.29) is 5.75 Å². The van der Waals surface area contributed by atoms with Crippen LogP contribution in [0, 0.1) is 5.82 Å². The summed E-state index contributed by atoms with van der Waals surface area (Å²) in [5, 5.41) is 0. The molecule has 1 amide bonds. The summed E-state index contributed by atoms with van der Waals surface area (Å²) in [6, 6.07) is 3.49. The molecule has 0 aromatic heterocycles. The van der Waals surface area contributed by atoms with Gasteiger partial charge >= 0.3 is 6.09 Å². The minimum absolute atomic E-state index is 0.246. The first kappa shape index (κ1) is 12.4. The van der Waals surface area contributed by atoms with E-state index < -0.39 is 32.4 Å². The number of sulfone groups is 1. The summed E-state index contributed by atoms with van der Waals surface area (Å²) in [4.78, 5) is 9.93. The zero-order valence-electron chi connectivity index (χ0n) is 8.44. The number of rotatable bonds is 3. The van der Waals surface area contributed by atoms with Gasteiger partial charge in [-0.25, -0.2) is 17.6 Å². The number of nitrogens with two attached hydrogens (primary N) is 1. The van der Waals surface area contributed by atoms with E-state index in [1.807, 2.05) is 0 Å². The Kier molecular flexibility index (Phi) is 3.48. The predicted molar refractivity (Wildman–Crippen MR) is 54.3 cm³/mol. The number of primary amides is 1. The average Bonchev–Trinajstić information content (AvgIpc) is 2.20. The lowest BCUT2D eigenvalue weighted by molar-refractivity contribution is 0.208. The summed E-state index contributed by atoms with van der Waals surface area (Å²) >= 11 is 0. The Bertz CT molecular complexity index is 512. The van der Waals surface area contributed by atoms with Crippen LogP contribution in [0.15, 0.2) is 23.1 Å². The molecule has 0 saturated carbocycles. The van der Waals surface area contributed by atoms with Crippen LogP contribution in [0.25, 0.3) is 0 Å². The number of amides is 1. The van der Waals surface area contributed by atoms with Crippen LogP contribution >= 0.6 is 0 Å². The number of carbonyl (C=O) groups excluding carboxylic acids is 1. The minimum atomic E-state index is -3.69. The molecule has 0 aliphatic heterocycles. The van der Waals surface area contributed by atoms with Crippen LogP contribution in [0.1, 0.15) is 6.92 Å². The maximum absolute atomic E-state index is 13.6. The van der Waals surface area contributed by atoms with Crippen LogP contribution < -0.4 is 10.5 Å². The van der Waals surface area contributed by atoms with Gasteiger partial charge in [0.1, 0.15) is 4.90 Å². The van der Waals surface area contributed by atoms with E-state index in [2.05, 4.69) is 4.74 Å².